The van der Waals surface area contributed by atoms with Gasteiger partial charge in [-0.25, -0.2) is 0 Å². The molecule has 0 saturated heterocycles. The summed E-state index contributed by atoms with van der Waals surface area (Å²) in [5.74, 6) is 0.473. The van der Waals surface area contributed by atoms with Crippen molar-refractivity contribution in [1.82, 2.24) is 9.78 Å². The summed E-state index contributed by atoms with van der Waals surface area (Å²) in [7, 11) is 0. The van der Waals surface area contributed by atoms with Gasteiger partial charge in [0.1, 0.15) is 12.4 Å². The molecule has 0 atom stereocenters. The minimum Gasteiger partial charge on any atom is -0.368 e. The van der Waals surface area contributed by atoms with E-state index in [4.69, 9.17) is 5.73 Å². The molecule has 3 N–H and O–H groups in total. The van der Waals surface area contributed by atoms with E-state index in [0.717, 1.165) is 5.82 Å². The van der Waals surface area contributed by atoms with Gasteiger partial charge >= 0.3 is 0 Å². The molecule has 0 radical (unpaired) electrons. The number of nitrogens with zero attached hydrogens (tertiary/aromatic N) is 2. The molecule has 1 aliphatic rings. The number of nitrogens with one attached hydrogen (secondary N) is 1. The predicted octanol–water partition coefficient (Wildman–Crippen LogP) is 1.11. The summed E-state index contributed by atoms with van der Waals surface area (Å²) >= 11 is 0. The summed E-state index contributed by atoms with van der Waals surface area (Å²) in [6.07, 6.45) is 8.12. The molecule has 5 heteroatoms. The summed E-state index contributed by atoms with van der Waals surface area (Å²) in [6.45, 7) is 0.145. The summed E-state index contributed by atoms with van der Waals surface area (Å²) in [5.41, 5.74) is 5.10. The predicted molar refractivity (Wildman–Crippen MR) is 61.9 cm³/mol. The average molecular weight is 222 g/mol. The first-order valence-corrected chi connectivity index (χ1v) is 5.82. The number of anilines is 1. The lowest BCUT2D eigenvalue weighted by atomic mass is 9.96. The van der Waals surface area contributed by atoms with Gasteiger partial charge in [0.25, 0.3) is 0 Å². The Balaban J connectivity index is 1.88. The smallest absolute Gasteiger partial charge is 0.239 e. The zero-order valence-electron chi connectivity index (χ0n) is 9.35. The fourth-order valence-corrected chi connectivity index (χ4v) is 2.14. The molecule has 1 saturated carbocycles. The number of amides is 1. The first kappa shape index (κ1) is 11.0. The summed E-state index contributed by atoms with van der Waals surface area (Å²) in [5, 5.41) is 7.64. The molecule has 1 aromatic rings. The third-order valence-corrected chi connectivity index (χ3v) is 2.92. The lowest BCUT2D eigenvalue weighted by Gasteiger charge is -2.22. The summed E-state index contributed by atoms with van der Waals surface area (Å²) in [4.78, 5) is 10.7. The molecule has 5 nitrogen and oxygen atoms in total. The maximum atomic E-state index is 10.7. The van der Waals surface area contributed by atoms with Crippen LogP contribution in [0.1, 0.15) is 32.1 Å². The van der Waals surface area contributed by atoms with Crippen LogP contribution in [0.4, 0.5) is 5.82 Å². The molecule has 1 heterocycles. The number of hydrogen-bond donors (Lipinski definition) is 2. The number of primary amides is 1. The third-order valence-electron chi connectivity index (χ3n) is 2.92. The zero-order chi connectivity index (χ0) is 11.4. The molecule has 1 aromatic heterocycles. The Hall–Kier alpha value is -1.52. The second kappa shape index (κ2) is 5.01. The maximum Gasteiger partial charge on any atom is 0.239 e. The lowest BCUT2D eigenvalue weighted by molar-refractivity contribution is -0.118. The van der Waals surface area contributed by atoms with Crippen molar-refractivity contribution in [3.8, 4) is 0 Å². The number of carbonyl (C=O) groups excluding carboxylic acids is 1. The number of nitrogens with two attached hydrogens (primary N) is 1. The monoisotopic (exact) mass is 222 g/mol. The molecule has 1 aliphatic carbocycles. The van der Waals surface area contributed by atoms with E-state index in [-0.39, 0.29) is 12.5 Å². The van der Waals surface area contributed by atoms with Gasteiger partial charge in [0.2, 0.25) is 5.91 Å². The van der Waals surface area contributed by atoms with Gasteiger partial charge in [-0.3, -0.25) is 9.48 Å². The van der Waals surface area contributed by atoms with E-state index >= 15 is 0 Å². The fourth-order valence-electron chi connectivity index (χ4n) is 2.14. The second-order valence-corrected chi connectivity index (χ2v) is 4.34. The molecule has 0 spiro atoms. The SMILES string of the molecule is NC(=O)Cn1ccc(NC2CCCCC2)n1. The highest BCUT2D eigenvalue weighted by molar-refractivity contribution is 5.73. The van der Waals surface area contributed by atoms with Gasteiger partial charge in [0.15, 0.2) is 0 Å². The van der Waals surface area contributed by atoms with Gasteiger partial charge in [-0.05, 0) is 12.8 Å². The van der Waals surface area contributed by atoms with Crippen LogP contribution in [0, 0.1) is 0 Å². The van der Waals surface area contributed by atoms with Crippen LogP contribution in [-0.2, 0) is 11.3 Å². The molecule has 88 valence electrons. The molecule has 1 fully saturated rings. The molecule has 0 aromatic carbocycles. The lowest BCUT2D eigenvalue weighted by Crippen LogP contribution is -2.23. The van der Waals surface area contributed by atoms with Gasteiger partial charge in [-0.2, -0.15) is 5.10 Å². The molecule has 0 aliphatic heterocycles. The van der Waals surface area contributed by atoms with Crippen LogP contribution in [0.2, 0.25) is 0 Å². The van der Waals surface area contributed by atoms with Crippen LogP contribution in [0.5, 0.6) is 0 Å². The van der Waals surface area contributed by atoms with Crippen molar-refractivity contribution in [3.63, 3.8) is 0 Å². The Morgan fingerprint density at radius 1 is 1.50 bits per heavy atom. The zero-order valence-corrected chi connectivity index (χ0v) is 9.35. The minimum atomic E-state index is -0.368. The molecule has 16 heavy (non-hydrogen) atoms. The van der Waals surface area contributed by atoms with Crippen molar-refractivity contribution in [2.45, 2.75) is 44.7 Å². The van der Waals surface area contributed by atoms with Gasteiger partial charge in [0, 0.05) is 18.3 Å². The molecule has 0 unspecified atom stereocenters. The highest BCUT2D eigenvalue weighted by atomic mass is 16.1. The first-order chi connectivity index (χ1) is 7.74. The van der Waals surface area contributed by atoms with Crippen LogP contribution in [0.25, 0.3) is 0 Å². The van der Waals surface area contributed by atoms with E-state index < -0.39 is 0 Å². The van der Waals surface area contributed by atoms with Gasteiger partial charge < -0.3 is 11.1 Å². The van der Waals surface area contributed by atoms with E-state index in [1.54, 1.807) is 10.9 Å². The quantitative estimate of drug-likeness (QED) is 0.801. The number of rotatable bonds is 4. The molecular weight excluding hydrogens is 204 g/mol. The van der Waals surface area contributed by atoms with E-state index in [1.807, 2.05) is 6.07 Å². The highest BCUT2D eigenvalue weighted by Gasteiger charge is 2.13. The summed E-state index contributed by atoms with van der Waals surface area (Å²) < 4.78 is 1.56. The third kappa shape index (κ3) is 2.98. The highest BCUT2D eigenvalue weighted by Crippen LogP contribution is 2.20. The van der Waals surface area contributed by atoms with Crippen LogP contribution in [-0.4, -0.2) is 21.7 Å². The minimum absolute atomic E-state index is 0.145. The van der Waals surface area contributed by atoms with E-state index in [9.17, 15) is 4.79 Å². The molecule has 1 amide bonds. The normalized spacial score (nSPS) is 17.2. The Kier molecular flexibility index (Phi) is 3.44. The second-order valence-electron chi connectivity index (χ2n) is 4.34. The Morgan fingerprint density at radius 2 is 2.25 bits per heavy atom. The number of hydrogen-bond acceptors (Lipinski definition) is 3. The van der Waals surface area contributed by atoms with Crippen molar-refractivity contribution in [1.29, 1.82) is 0 Å². The topological polar surface area (TPSA) is 72.9 Å². The van der Waals surface area contributed by atoms with Crippen molar-refractivity contribution in [2.75, 3.05) is 5.32 Å². The number of carbonyl (C=O) groups is 1. The fraction of sp³-hybridized carbons (Fsp3) is 0.636. The molecule has 0 bridgehead atoms. The molecular formula is C11H18N4O. The van der Waals surface area contributed by atoms with Crippen molar-refractivity contribution < 1.29 is 4.79 Å². The van der Waals surface area contributed by atoms with Gasteiger partial charge in [-0.15, -0.1) is 0 Å². The summed E-state index contributed by atoms with van der Waals surface area (Å²) in [6, 6.07) is 2.42. The Bertz CT molecular complexity index is 355. The van der Waals surface area contributed by atoms with Crippen LogP contribution < -0.4 is 11.1 Å². The average Bonchev–Trinajstić information content (AvgIpc) is 2.66. The van der Waals surface area contributed by atoms with Gasteiger partial charge in [0.05, 0.1) is 0 Å². The first-order valence-electron chi connectivity index (χ1n) is 5.82. The van der Waals surface area contributed by atoms with E-state index in [2.05, 4.69) is 10.4 Å². The molecule has 2 rings (SSSR count). The Labute approximate surface area is 95.0 Å². The van der Waals surface area contributed by atoms with Crippen molar-refractivity contribution >= 4 is 11.7 Å². The van der Waals surface area contributed by atoms with Crippen LogP contribution in [0.3, 0.4) is 0 Å². The van der Waals surface area contributed by atoms with Crippen LogP contribution in [0.15, 0.2) is 12.3 Å². The maximum absolute atomic E-state index is 10.7. The van der Waals surface area contributed by atoms with Gasteiger partial charge in [-0.1, -0.05) is 19.3 Å². The van der Waals surface area contributed by atoms with Crippen LogP contribution >= 0.6 is 0 Å². The van der Waals surface area contributed by atoms with E-state index in [1.165, 1.54) is 32.1 Å². The number of aromatic nitrogens is 2. The van der Waals surface area contributed by atoms with E-state index in [0.29, 0.717) is 6.04 Å². The Morgan fingerprint density at radius 3 is 2.94 bits per heavy atom. The largest absolute Gasteiger partial charge is 0.368 e. The van der Waals surface area contributed by atoms with Crippen molar-refractivity contribution in [2.24, 2.45) is 5.73 Å². The van der Waals surface area contributed by atoms with Crippen molar-refractivity contribution in [3.05, 3.63) is 12.3 Å². The standard InChI is InChI=1S/C11H18N4O/c12-10(16)8-15-7-6-11(14-15)13-9-4-2-1-3-5-9/h6-7,9H,1-5,8H2,(H2,12,16)(H,13,14).